The average Bonchev–Trinajstić information content (AvgIpc) is 2.98. The van der Waals surface area contributed by atoms with Crippen LogP contribution in [0.4, 0.5) is 5.69 Å². The van der Waals surface area contributed by atoms with E-state index in [-0.39, 0.29) is 30.4 Å². The summed E-state index contributed by atoms with van der Waals surface area (Å²) in [5, 5.41) is 13.6. The Morgan fingerprint density at radius 1 is 1.16 bits per heavy atom. The molecule has 0 saturated carbocycles. The molecule has 136 valence electrons. The van der Waals surface area contributed by atoms with Crippen molar-refractivity contribution in [3.63, 3.8) is 0 Å². The summed E-state index contributed by atoms with van der Waals surface area (Å²) in [6.45, 7) is 1.65. The summed E-state index contributed by atoms with van der Waals surface area (Å²) >= 11 is 0. The van der Waals surface area contributed by atoms with E-state index in [1.165, 1.54) is 0 Å². The van der Waals surface area contributed by atoms with E-state index in [9.17, 15) is 14.4 Å². The Balaban J connectivity index is 1.72. The van der Waals surface area contributed by atoms with Crippen molar-refractivity contribution in [1.29, 1.82) is 0 Å². The highest BCUT2D eigenvalue weighted by atomic mass is 16.5. The number of benzene rings is 1. The first-order chi connectivity index (χ1) is 11.9. The van der Waals surface area contributed by atoms with Crippen molar-refractivity contribution in [3.8, 4) is 0 Å². The maximum atomic E-state index is 12.0. The fourth-order valence-electron chi connectivity index (χ4n) is 2.74. The molecule has 2 unspecified atom stereocenters. The predicted molar refractivity (Wildman–Crippen MR) is 92.2 cm³/mol. The van der Waals surface area contributed by atoms with Crippen LogP contribution < -0.4 is 10.6 Å². The third-order valence-corrected chi connectivity index (χ3v) is 4.05. The molecule has 25 heavy (non-hydrogen) atoms. The van der Waals surface area contributed by atoms with E-state index in [0.717, 1.165) is 24.8 Å². The normalized spacial score (nSPS) is 19.4. The molecule has 2 rings (SSSR count). The number of ether oxygens (including phenoxy) is 1. The van der Waals surface area contributed by atoms with Crippen LogP contribution in [-0.4, -0.2) is 41.6 Å². The highest BCUT2D eigenvalue weighted by Gasteiger charge is 2.22. The minimum atomic E-state index is -1.08. The first-order valence-corrected chi connectivity index (χ1v) is 8.45. The Labute approximate surface area is 146 Å². The number of hydrogen-bond acceptors (Lipinski definition) is 4. The van der Waals surface area contributed by atoms with Gasteiger partial charge in [-0.15, -0.1) is 0 Å². The minimum Gasteiger partial charge on any atom is -0.480 e. The zero-order chi connectivity index (χ0) is 18.2. The molecule has 1 aliphatic heterocycles. The Morgan fingerprint density at radius 2 is 1.88 bits per heavy atom. The van der Waals surface area contributed by atoms with Gasteiger partial charge in [-0.1, -0.05) is 12.1 Å². The molecule has 1 heterocycles. The summed E-state index contributed by atoms with van der Waals surface area (Å²) in [4.78, 5) is 33.9. The molecule has 0 radical (unpaired) electrons. The Hall–Kier alpha value is -2.41. The summed E-state index contributed by atoms with van der Waals surface area (Å²) < 4.78 is 5.69. The molecular formula is C18H24N2O5. The number of aliphatic carboxylic acids is 1. The quantitative estimate of drug-likeness (QED) is 0.663. The van der Waals surface area contributed by atoms with Crippen LogP contribution in [0.5, 0.6) is 0 Å². The Bertz CT molecular complexity index is 614. The average molecular weight is 348 g/mol. The number of anilines is 1. The van der Waals surface area contributed by atoms with Crippen molar-refractivity contribution in [2.24, 2.45) is 0 Å². The monoisotopic (exact) mass is 348 g/mol. The third kappa shape index (κ3) is 6.93. The molecule has 2 amide bonds. The van der Waals surface area contributed by atoms with Gasteiger partial charge < -0.3 is 20.5 Å². The van der Waals surface area contributed by atoms with Crippen molar-refractivity contribution in [2.45, 2.75) is 51.2 Å². The minimum absolute atomic E-state index is 0.0601. The number of rotatable bonds is 8. The van der Waals surface area contributed by atoms with Gasteiger partial charge >= 0.3 is 5.97 Å². The molecule has 1 aliphatic rings. The van der Waals surface area contributed by atoms with Gasteiger partial charge in [-0.3, -0.25) is 14.4 Å². The third-order valence-electron chi connectivity index (χ3n) is 4.05. The van der Waals surface area contributed by atoms with Crippen LogP contribution in [0.25, 0.3) is 0 Å². The standard InChI is InChI=1S/C18H24N2O5/c1-12-2-7-15(25-12)8-9-16(21)20-14-5-3-13(4-6-14)10-17(22)19-11-18(23)24/h3-6,12,15H,2,7-11H2,1H3,(H,19,22)(H,20,21)(H,23,24). The highest BCUT2D eigenvalue weighted by molar-refractivity contribution is 5.90. The van der Waals surface area contributed by atoms with Gasteiger partial charge in [-0.25, -0.2) is 0 Å². The van der Waals surface area contributed by atoms with Crippen molar-refractivity contribution < 1.29 is 24.2 Å². The molecule has 0 bridgehead atoms. The van der Waals surface area contributed by atoms with Crippen molar-refractivity contribution >= 4 is 23.5 Å². The fourth-order valence-corrected chi connectivity index (χ4v) is 2.74. The van der Waals surface area contributed by atoms with Crippen LogP contribution in [0.3, 0.4) is 0 Å². The van der Waals surface area contributed by atoms with E-state index in [1.54, 1.807) is 24.3 Å². The molecule has 2 atom stereocenters. The number of carbonyl (C=O) groups is 3. The number of carboxylic acid groups (broad SMARTS) is 1. The van der Waals surface area contributed by atoms with Gasteiger partial charge in [0.25, 0.3) is 0 Å². The lowest BCUT2D eigenvalue weighted by atomic mass is 10.1. The van der Waals surface area contributed by atoms with E-state index < -0.39 is 12.5 Å². The van der Waals surface area contributed by atoms with Crippen molar-refractivity contribution in [1.82, 2.24) is 5.32 Å². The van der Waals surface area contributed by atoms with Crippen LogP contribution >= 0.6 is 0 Å². The van der Waals surface area contributed by atoms with Gasteiger partial charge in [0.1, 0.15) is 6.54 Å². The smallest absolute Gasteiger partial charge is 0.322 e. The lowest BCUT2D eigenvalue weighted by Crippen LogP contribution is -2.30. The molecule has 1 saturated heterocycles. The van der Waals surface area contributed by atoms with Gasteiger partial charge in [-0.2, -0.15) is 0 Å². The number of hydrogen-bond donors (Lipinski definition) is 3. The largest absolute Gasteiger partial charge is 0.480 e. The number of amides is 2. The van der Waals surface area contributed by atoms with Crippen LogP contribution in [0.15, 0.2) is 24.3 Å². The van der Waals surface area contributed by atoms with E-state index >= 15 is 0 Å². The SMILES string of the molecule is CC1CCC(CCC(=O)Nc2ccc(CC(=O)NCC(=O)O)cc2)O1. The summed E-state index contributed by atoms with van der Waals surface area (Å²) in [5.41, 5.74) is 1.41. The Morgan fingerprint density at radius 3 is 2.48 bits per heavy atom. The molecule has 1 aromatic rings. The number of carbonyl (C=O) groups excluding carboxylic acids is 2. The van der Waals surface area contributed by atoms with E-state index in [4.69, 9.17) is 9.84 Å². The van der Waals surface area contributed by atoms with E-state index in [2.05, 4.69) is 10.6 Å². The molecule has 1 aromatic carbocycles. The summed E-state index contributed by atoms with van der Waals surface area (Å²) in [5.74, 6) is -1.50. The summed E-state index contributed by atoms with van der Waals surface area (Å²) in [6.07, 6.45) is 3.75. The number of carboxylic acids is 1. The van der Waals surface area contributed by atoms with E-state index in [1.807, 2.05) is 6.92 Å². The molecule has 7 heteroatoms. The zero-order valence-electron chi connectivity index (χ0n) is 14.3. The lowest BCUT2D eigenvalue weighted by Gasteiger charge is -2.11. The molecule has 0 aromatic heterocycles. The van der Waals surface area contributed by atoms with Gasteiger partial charge in [-0.05, 0) is 43.9 Å². The van der Waals surface area contributed by atoms with Crippen LogP contribution in [0.2, 0.25) is 0 Å². The van der Waals surface area contributed by atoms with Crippen molar-refractivity contribution in [2.75, 3.05) is 11.9 Å². The summed E-state index contributed by atoms with van der Waals surface area (Å²) in [7, 11) is 0. The molecule has 0 aliphatic carbocycles. The van der Waals surface area contributed by atoms with Gasteiger partial charge in [0.15, 0.2) is 0 Å². The van der Waals surface area contributed by atoms with Crippen LogP contribution in [0.1, 0.15) is 38.2 Å². The predicted octanol–water partition coefficient (Wildman–Crippen LogP) is 1.72. The second-order valence-corrected chi connectivity index (χ2v) is 6.28. The molecular weight excluding hydrogens is 324 g/mol. The Kier molecular flexibility index (Phi) is 6.94. The first kappa shape index (κ1) is 18.9. The van der Waals surface area contributed by atoms with Crippen molar-refractivity contribution in [3.05, 3.63) is 29.8 Å². The maximum absolute atomic E-state index is 12.0. The van der Waals surface area contributed by atoms with Gasteiger partial charge in [0.2, 0.25) is 11.8 Å². The highest BCUT2D eigenvalue weighted by Crippen LogP contribution is 2.22. The second-order valence-electron chi connectivity index (χ2n) is 6.28. The fraction of sp³-hybridized carbons (Fsp3) is 0.500. The zero-order valence-corrected chi connectivity index (χ0v) is 14.3. The second kappa shape index (κ2) is 9.17. The summed E-state index contributed by atoms with van der Waals surface area (Å²) in [6, 6.07) is 6.92. The molecule has 0 spiro atoms. The number of nitrogens with one attached hydrogen (secondary N) is 2. The van der Waals surface area contributed by atoms with Crippen LogP contribution in [0, 0.1) is 0 Å². The van der Waals surface area contributed by atoms with Gasteiger partial charge in [0, 0.05) is 12.1 Å². The first-order valence-electron chi connectivity index (χ1n) is 8.45. The molecule has 7 nitrogen and oxygen atoms in total. The molecule has 3 N–H and O–H groups in total. The lowest BCUT2D eigenvalue weighted by molar-refractivity contribution is -0.137. The van der Waals surface area contributed by atoms with Gasteiger partial charge in [0.05, 0.1) is 18.6 Å². The topological polar surface area (TPSA) is 105 Å². The van der Waals surface area contributed by atoms with Crippen LogP contribution in [-0.2, 0) is 25.5 Å². The molecule has 1 fully saturated rings. The maximum Gasteiger partial charge on any atom is 0.322 e. The van der Waals surface area contributed by atoms with E-state index in [0.29, 0.717) is 12.1 Å².